The molecule has 0 aliphatic carbocycles. The number of hydrogen-bond acceptors (Lipinski definition) is 4. The van der Waals surface area contributed by atoms with Crippen molar-refractivity contribution in [3.8, 4) is 12.1 Å². The first-order chi connectivity index (χ1) is 10.3. The summed E-state index contributed by atoms with van der Waals surface area (Å²) < 4.78 is 1.82. The zero-order valence-corrected chi connectivity index (χ0v) is 11.1. The number of hydrogen-bond donors (Lipinski definition) is 1. The van der Waals surface area contributed by atoms with Crippen molar-refractivity contribution in [2.75, 3.05) is 5.32 Å². The standard InChI is InChI=1S/C16H11N5/c17-8-12-4-5-15(7-13(12)9-18)19-10-14-11-20-21-6-2-1-3-16(14)21/h1-7,11,19H,10H2. The molecular weight excluding hydrogens is 262 g/mol. The Morgan fingerprint density at radius 1 is 1.10 bits per heavy atom. The molecule has 100 valence electrons. The van der Waals surface area contributed by atoms with Crippen molar-refractivity contribution in [3.63, 3.8) is 0 Å². The summed E-state index contributed by atoms with van der Waals surface area (Å²) in [4.78, 5) is 0. The lowest BCUT2D eigenvalue weighted by atomic mass is 10.1. The third kappa shape index (κ3) is 2.41. The highest BCUT2D eigenvalue weighted by Gasteiger charge is 2.05. The van der Waals surface area contributed by atoms with Crippen LogP contribution < -0.4 is 5.32 Å². The molecule has 5 heteroatoms. The highest BCUT2D eigenvalue weighted by Crippen LogP contribution is 2.17. The number of rotatable bonds is 3. The molecule has 0 saturated heterocycles. The van der Waals surface area contributed by atoms with Gasteiger partial charge in [0.1, 0.15) is 12.1 Å². The Hall–Kier alpha value is -3.31. The Balaban J connectivity index is 1.82. The Morgan fingerprint density at radius 2 is 1.95 bits per heavy atom. The van der Waals surface area contributed by atoms with Crippen LogP contribution in [0.15, 0.2) is 48.8 Å². The van der Waals surface area contributed by atoms with E-state index in [2.05, 4.69) is 10.4 Å². The van der Waals surface area contributed by atoms with Gasteiger partial charge in [-0.1, -0.05) is 6.07 Å². The molecule has 0 radical (unpaired) electrons. The first-order valence-corrected chi connectivity index (χ1v) is 6.41. The van der Waals surface area contributed by atoms with Crippen molar-refractivity contribution >= 4 is 11.2 Å². The summed E-state index contributed by atoms with van der Waals surface area (Å²) in [5.74, 6) is 0. The van der Waals surface area contributed by atoms with Crippen molar-refractivity contribution in [2.45, 2.75) is 6.54 Å². The van der Waals surface area contributed by atoms with Crippen LogP contribution in [0.4, 0.5) is 5.69 Å². The Morgan fingerprint density at radius 3 is 2.76 bits per heavy atom. The lowest BCUT2D eigenvalue weighted by molar-refractivity contribution is 0.961. The SMILES string of the molecule is N#Cc1ccc(NCc2cnn3ccccc23)cc1C#N. The minimum Gasteiger partial charge on any atom is -0.381 e. The summed E-state index contributed by atoms with van der Waals surface area (Å²) >= 11 is 0. The summed E-state index contributed by atoms with van der Waals surface area (Å²) in [5.41, 5.74) is 3.68. The van der Waals surface area contributed by atoms with E-state index >= 15 is 0 Å². The van der Waals surface area contributed by atoms with Gasteiger partial charge in [0.15, 0.2) is 0 Å². The topological polar surface area (TPSA) is 76.9 Å². The Kier molecular flexibility index (Phi) is 3.24. The lowest BCUT2D eigenvalue weighted by Crippen LogP contribution is -2.00. The highest BCUT2D eigenvalue weighted by atomic mass is 15.2. The van der Waals surface area contributed by atoms with E-state index in [9.17, 15) is 0 Å². The Labute approximate surface area is 121 Å². The average molecular weight is 273 g/mol. The van der Waals surface area contributed by atoms with E-state index < -0.39 is 0 Å². The molecule has 3 rings (SSSR count). The van der Waals surface area contributed by atoms with Crippen molar-refractivity contribution in [2.24, 2.45) is 0 Å². The highest BCUT2D eigenvalue weighted by molar-refractivity contribution is 5.58. The number of nitrogens with zero attached hydrogens (tertiary/aromatic N) is 4. The zero-order chi connectivity index (χ0) is 14.7. The monoisotopic (exact) mass is 273 g/mol. The maximum atomic E-state index is 9.03. The molecule has 0 spiro atoms. The summed E-state index contributed by atoms with van der Waals surface area (Å²) in [6, 6.07) is 15.1. The summed E-state index contributed by atoms with van der Waals surface area (Å²) in [6.45, 7) is 0.601. The van der Waals surface area contributed by atoms with Gasteiger partial charge >= 0.3 is 0 Å². The van der Waals surface area contributed by atoms with Crippen molar-refractivity contribution in [3.05, 3.63) is 65.5 Å². The molecule has 1 N–H and O–H groups in total. The first kappa shape index (κ1) is 12.7. The summed E-state index contributed by atoms with van der Waals surface area (Å²) in [6.07, 6.45) is 3.71. The van der Waals surface area contributed by atoms with Crippen LogP contribution in [0.5, 0.6) is 0 Å². The molecule has 21 heavy (non-hydrogen) atoms. The summed E-state index contributed by atoms with van der Waals surface area (Å²) in [5, 5.41) is 25.5. The van der Waals surface area contributed by atoms with Crippen LogP contribution in [0.1, 0.15) is 16.7 Å². The maximum Gasteiger partial charge on any atom is 0.101 e. The van der Waals surface area contributed by atoms with Gasteiger partial charge in [-0.25, -0.2) is 4.52 Å². The number of nitriles is 2. The first-order valence-electron chi connectivity index (χ1n) is 6.41. The molecule has 0 atom stereocenters. The minimum absolute atomic E-state index is 0.377. The van der Waals surface area contributed by atoms with Gasteiger partial charge in [-0.15, -0.1) is 0 Å². The van der Waals surface area contributed by atoms with Gasteiger partial charge in [0.05, 0.1) is 22.8 Å². The van der Waals surface area contributed by atoms with Gasteiger partial charge < -0.3 is 5.32 Å². The maximum absolute atomic E-state index is 9.03. The molecule has 0 bridgehead atoms. The van der Waals surface area contributed by atoms with E-state index in [1.54, 1.807) is 18.2 Å². The molecule has 0 unspecified atom stereocenters. The van der Waals surface area contributed by atoms with Crippen molar-refractivity contribution in [1.29, 1.82) is 10.5 Å². The van der Waals surface area contributed by atoms with Gasteiger partial charge in [0, 0.05) is 24.0 Å². The van der Waals surface area contributed by atoms with Crippen molar-refractivity contribution in [1.82, 2.24) is 9.61 Å². The van der Waals surface area contributed by atoms with Gasteiger partial charge in [-0.05, 0) is 30.3 Å². The second-order valence-corrected chi connectivity index (χ2v) is 4.54. The number of fused-ring (bicyclic) bond motifs is 1. The van der Waals surface area contributed by atoms with E-state index in [0.29, 0.717) is 17.7 Å². The quantitative estimate of drug-likeness (QED) is 0.796. The fourth-order valence-corrected chi connectivity index (χ4v) is 2.17. The van der Waals surface area contributed by atoms with E-state index in [1.165, 1.54) is 0 Å². The van der Waals surface area contributed by atoms with Crippen LogP contribution in [0.3, 0.4) is 0 Å². The second-order valence-electron chi connectivity index (χ2n) is 4.54. The van der Waals surface area contributed by atoms with E-state index in [1.807, 2.05) is 47.2 Å². The minimum atomic E-state index is 0.377. The smallest absolute Gasteiger partial charge is 0.101 e. The molecule has 0 aliphatic heterocycles. The van der Waals surface area contributed by atoms with E-state index in [-0.39, 0.29) is 0 Å². The fraction of sp³-hybridized carbons (Fsp3) is 0.0625. The van der Waals surface area contributed by atoms with Gasteiger partial charge in [0.2, 0.25) is 0 Å². The second kappa shape index (κ2) is 5.36. The van der Waals surface area contributed by atoms with E-state index in [4.69, 9.17) is 10.5 Å². The molecule has 5 nitrogen and oxygen atoms in total. The molecule has 0 fully saturated rings. The van der Waals surface area contributed by atoms with Crippen LogP contribution in [-0.2, 0) is 6.54 Å². The lowest BCUT2D eigenvalue weighted by Gasteiger charge is -2.06. The van der Waals surface area contributed by atoms with Crippen LogP contribution in [-0.4, -0.2) is 9.61 Å². The molecule has 0 amide bonds. The van der Waals surface area contributed by atoms with Gasteiger partial charge in [-0.2, -0.15) is 15.6 Å². The largest absolute Gasteiger partial charge is 0.381 e. The summed E-state index contributed by atoms with van der Waals surface area (Å²) in [7, 11) is 0. The molecule has 0 aliphatic rings. The average Bonchev–Trinajstić information content (AvgIpc) is 2.96. The fourth-order valence-electron chi connectivity index (χ4n) is 2.17. The third-order valence-corrected chi connectivity index (χ3v) is 3.25. The molecule has 3 aromatic rings. The van der Waals surface area contributed by atoms with Gasteiger partial charge in [0.25, 0.3) is 0 Å². The number of nitrogens with one attached hydrogen (secondary N) is 1. The number of benzene rings is 1. The third-order valence-electron chi connectivity index (χ3n) is 3.25. The van der Waals surface area contributed by atoms with Crippen LogP contribution in [0.2, 0.25) is 0 Å². The molecule has 2 aromatic heterocycles. The van der Waals surface area contributed by atoms with E-state index in [0.717, 1.165) is 16.8 Å². The van der Waals surface area contributed by atoms with Crippen LogP contribution in [0, 0.1) is 22.7 Å². The molecule has 0 saturated carbocycles. The predicted octanol–water partition coefficient (Wildman–Crippen LogP) is 2.69. The normalized spacial score (nSPS) is 10.0. The van der Waals surface area contributed by atoms with Gasteiger partial charge in [-0.3, -0.25) is 0 Å². The molecule has 1 aromatic carbocycles. The van der Waals surface area contributed by atoms with Crippen LogP contribution in [0.25, 0.3) is 5.52 Å². The predicted molar refractivity (Wildman–Crippen MR) is 78.4 cm³/mol. The van der Waals surface area contributed by atoms with Crippen molar-refractivity contribution < 1.29 is 0 Å². The molecule has 2 heterocycles. The Bertz CT molecular complexity index is 880. The number of aromatic nitrogens is 2. The molecular formula is C16H11N5. The number of anilines is 1. The number of pyridine rings is 1. The zero-order valence-electron chi connectivity index (χ0n) is 11.1. The van der Waals surface area contributed by atoms with Crippen LogP contribution >= 0.6 is 0 Å².